The lowest BCUT2D eigenvalue weighted by molar-refractivity contribution is -0.153. The number of ether oxygens (including phenoxy) is 1. The fourth-order valence-electron chi connectivity index (χ4n) is 2.42. The lowest BCUT2D eigenvalue weighted by atomic mass is 10.1. The number of anilines is 1. The SMILES string of the molecule is CC(C)OC(Cc1ccc(N2CCCNC2=O)cc1)C(=O)O. The first kappa shape index (κ1) is 16.3. The molecule has 2 amide bonds. The first-order chi connectivity index (χ1) is 10.5. The van der Waals surface area contributed by atoms with Crippen LogP contribution in [0.3, 0.4) is 0 Å². The molecular formula is C16H22N2O4. The Morgan fingerprint density at radius 2 is 2.05 bits per heavy atom. The van der Waals surface area contributed by atoms with Crippen LogP contribution in [0, 0.1) is 0 Å². The van der Waals surface area contributed by atoms with Gasteiger partial charge < -0.3 is 15.2 Å². The summed E-state index contributed by atoms with van der Waals surface area (Å²) in [6.45, 7) is 5.03. The Balaban J connectivity index is 2.04. The standard InChI is InChI=1S/C16H22N2O4/c1-11(2)22-14(15(19)20)10-12-4-6-13(7-5-12)18-9-3-8-17-16(18)21/h4-7,11,14H,3,8-10H2,1-2H3,(H,17,21)(H,19,20). The number of nitrogens with zero attached hydrogens (tertiary/aromatic N) is 1. The van der Waals surface area contributed by atoms with Gasteiger partial charge in [-0.2, -0.15) is 0 Å². The van der Waals surface area contributed by atoms with Crippen molar-refractivity contribution >= 4 is 17.7 Å². The molecule has 1 fully saturated rings. The number of benzene rings is 1. The maximum absolute atomic E-state index is 11.8. The zero-order valence-electron chi connectivity index (χ0n) is 12.9. The van der Waals surface area contributed by atoms with E-state index in [9.17, 15) is 14.7 Å². The number of carboxylic acids is 1. The largest absolute Gasteiger partial charge is 0.479 e. The lowest BCUT2D eigenvalue weighted by Crippen LogP contribution is -2.46. The third kappa shape index (κ3) is 4.21. The van der Waals surface area contributed by atoms with Crippen molar-refractivity contribution in [3.63, 3.8) is 0 Å². The van der Waals surface area contributed by atoms with Crippen LogP contribution in [0.4, 0.5) is 10.5 Å². The Hall–Kier alpha value is -2.08. The van der Waals surface area contributed by atoms with Gasteiger partial charge in [-0.1, -0.05) is 12.1 Å². The Kier molecular flexibility index (Phi) is 5.38. The van der Waals surface area contributed by atoms with E-state index in [1.807, 2.05) is 38.1 Å². The topological polar surface area (TPSA) is 78.9 Å². The van der Waals surface area contributed by atoms with E-state index in [4.69, 9.17) is 4.74 Å². The first-order valence-electron chi connectivity index (χ1n) is 7.50. The third-order valence-corrected chi connectivity index (χ3v) is 3.46. The average molecular weight is 306 g/mol. The number of carboxylic acid groups (broad SMARTS) is 1. The predicted octanol–water partition coefficient (Wildman–Crippen LogP) is 2.03. The fraction of sp³-hybridized carbons (Fsp3) is 0.500. The number of rotatable bonds is 6. The molecule has 1 aromatic rings. The highest BCUT2D eigenvalue weighted by Crippen LogP contribution is 2.19. The van der Waals surface area contributed by atoms with Crippen LogP contribution in [-0.2, 0) is 16.0 Å². The van der Waals surface area contributed by atoms with Gasteiger partial charge in [0, 0.05) is 25.2 Å². The quantitative estimate of drug-likeness (QED) is 0.843. The molecule has 6 nitrogen and oxygen atoms in total. The summed E-state index contributed by atoms with van der Waals surface area (Å²) in [5.41, 5.74) is 1.69. The summed E-state index contributed by atoms with van der Waals surface area (Å²) in [7, 11) is 0. The molecule has 2 N–H and O–H groups in total. The second kappa shape index (κ2) is 7.26. The zero-order chi connectivity index (χ0) is 16.1. The van der Waals surface area contributed by atoms with Crippen LogP contribution in [0.15, 0.2) is 24.3 Å². The Labute approximate surface area is 130 Å². The number of urea groups is 1. The molecule has 0 spiro atoms. The summed E-state index contributed by atoms with van der Waals surface area (Å²) < 4.78 is 5.41. The van der Waals surface area contributed by atoms with Gasteiger partial charge in [0.15, 0.2) is 6.10 Å². The van der Waals surface area contributed by atoms with Crippen molar-refractivity contribution < 1.29 is 19.4 Å². The van der Waals surface area contributed by atoms with Crippen LogP contribution in [0.2, 0.25) is 0 Å². The highest BCUT2D eigenvalue weighted by molar-refractivity contribution is 5.92. The summed E-state index contributed by atoms with van der Waals surface area (Å²) in [6.07, 6.45) is 0.220. The molecular weight excluding hydrogens is 284 g/mol. The van der Waals surface area contributed by atoms with Crippen LogP contribution in [-0.4, -0.2) is 42.4 Å². The second-order valence-corrected chi connectivity index (χ2v) is 5.62. The number of aliphatic carboxylic acids is 1. The van der Waals surface area contributed by atoms with Crippen LogP contribution in [0.1, 0.15) is 25.8 Å². The van der Waals surface area contributed by atoms with Crippen molar-refractivity contribution in [2.45, 2.75) is 38.9 Å². The van der Waals surface area contributed by atoms with Crippen molar-refractivity contribution in [1.82, 2.24) is 5.32 Å². The van der Waals surface area contributed by atoms with Crippen LogP contribution in [0.25, 0.3) is 0 Å². The fourth-order valence-corrected chi connectivity index (χ4v) is 2.42. The Bertz CT molecular complexity index is 527. The summed E-state index contributed by atoms with van der Waals surface area (Å²) in [6, 6.07) is 7.28. The third-order valence-electron chi connectivity index (χ3n) is 3.46. The van der Waals surface area contributed by atoms with Gasteiger partial charge in [-0.05, 0) is 38.0 Å². The number of carbonyl (C=O) groups is 2. The number of hydrogen-bond donors (Lipinski definition) is 2. The van der Waals surface area contributed by atoms with Crippen molar-refractivity contribution in [2.24, 2.45) is 0 Å². The second-order valence-electron chi connectivity index (χ2n) is 5.62. The molecule has 1 aliphatic rings. The molecule has 22 heavy (non-hydrogen) atoms. The van der Waals surface area contributed by atoms with Gasteiger partial charge in [0.25, 0.3) is 0 Å². The van der Waals surface area contributed by atoms with Gasteiger partial charge >= 0.3 is 12.0 Å². The molecule has 0 radical (unpaired) electrons. The zero-order valence-corrected chi connectivity index (χ0v) is 12.9. The molecule has 2 rings (SSSR count). The number of nitrogens with one attached hydrogen (secondary N) is 1. The van der Waals surface area contributed by atoms with Crippen LogP contribution < -0.4 is 10.2 Å². The molecule has 1 saturated heterocycles. The maximum Gasteiger partial charge on any atom is 0.333 e. The molecule has 1 unspecified atom stereocenters. The predicted molar refractivity (Wildman–Crippen MR) is 83.2 cm³/mol. The van der Waals surface area contributed by atoms with Crippen molar-refractivity contribution in [1.29, 1.82) is 0 Å². The van der Waals surface area contributed by atoms with E-state index < -0.39 is 12.1 Å². The minimum Gasteiger partial charge on any atom is -0.479 e. The highest BCUT2D eigenvalue weighted by atomic mass is 16.5. The van der Waals surface area contributed by atoms with Gasteiger partial charge in [-0.15, -0.1) is 0 Å². The van der Waals surface area contributed by atoms with Gasteiger partial charge in [-0.25, -0.2) is 9.59 Å². The summed E-state index contributed by atoms with van der Waals surface area (Å²) in [4.78, 5) is 24.7. The minimum atomic E-state index is -0.965. The molecule has 0 saturated carbocycles. The highest BCUT2D eigenvalue weighted by Gasteiger charge is 2.21. The molecule has 0 aromatic heterocycles. The number of carbonyl (C=O) groups excluding carboxylic acids is 1. The smallest absolute Gasteiger partial charge is 0.333 e. The monoisotopic (exact) mass is 306 g/mol. The molecule has 1 heterocycles. The van der Waals surface area contributed by atoms with Gasteiger partial charge in [0.05, 0.1) is 6.10 Å². The Morgan fingerprint density at radius 3 is 2.59 bits per heavy atom. The molecule has 1 atom stereocenters. The summed E-state index contributed by atoms with van der Waals surface area (Å²) in [5, 5.41) is 12.0. The molecule has 6 heteroatoms. The van der Waals surface area contributed by atoms with E-state index in [1.54, 1.807) is 4.90 Å². The molecule has 120 valence electrons. The van der Waals surface area contributed by atoms with E-state index in [2.05, 4.69) is 5.32 Å². The van der Waals surface area contributed by atoms with Gasteiger partial charge in [0.2, 0.25) is 0 Å². The van der Waals surface area contributed by atoms with Crippen LogP contribution in [0.5, 0.6) is 0 Å². The van der Waals surface area contributed by atoms with Crippen molar-refractivity contribution in [2.75, 3.05) is 18.0 Å². The normalized spacial score (nSPS) is 16.5. The number of amides is 2. The summed E-state index contributed by atoms with van der Waals surface area (Å²) >= 11 is 0. The maximum atomic E-state index is 11.8. The number of hydrogen-bond acceptors (Lipinski definition) is 3. The first-order valence-corrected chi connectivity index (χ1v) is 7.50. The van der Waals surface area contributed by atoms with Gasteiger partial charge in [0.1, 0.15) is 0 Å². The van der Waals surface area contributed by atoms with Crippen LogP contribution >= 0.6 is 0 Å². The summed E-state index contributed by atoms with van der Waals surface area (Å²) in [5.74, 6) is -0.965. The molecule has 1 aliphatic heterocycles. The van der Waals surface area contributed by atoms with Gasteiger partial charge in [-0.3, -0.25) is 4.90 Å². The van der Waals surface area contributed by atoms with E-state index in [0.29, 0.717) is 19.5 Å². The molecule has 1 aromatic carbocycles. The van der Waals surface area contributed by atoms with Crippen molar-refractivity contribution in [3.8, 4) is 0 Å². The Morgan fingerprint density at radius 1 is 1.36 bits per heavy atom. The molecule has 0 aliphatic carbocycles. The van der Waals surface area contributed by atoms with E-state index in [1.165, 1.54) is 0 Å². The average Bonchev–Trinajstić information content (AvgIpc) is 2.47. The minimum absolute atomic E-state index is 0.0921. The van der Waals surface area contributed by atoms with E-state index >= 15 is 0 Å². The molecule has 0 bridgehead atoms. The van der Waals surface area contributed by atoms with E-state index in [0.717, 1.165) is 17.7 Å². The van der Waals surface area contributed by atoms with E-state index in [-0.39, 0.29) is 12.1 Å². The van der Waals surface area contributed by atoms with Crippen molar-refractivity contribution in [3.05, 3.63) is 29.8 Å². The lowest BCUT2D eigenvalue weighted by Gasteiger charge is -2.27.